The molecule has 1 saturated carbocycles. The minimum atomic E-state index is -0.150. The average molecular weight is 217 g/mol. The maximum atomic E-state index is 9.40. The Labute approximate surface area is 99.5 Å². The fourth-order valence-electron chi connectivity index (χ4n) is 3.83. The van der Waals surface area contributed by atoms with E-state index >= 15 is 0 Å². The largest absolute Gasteiger partial charge is 0.198 e. The molecule has 0 radical (unpaired) electrons. The van der Waals surface area contributed by atoms with Crippen molar-refractivity contribution >= 4 is 0 Å². The molecule has 0 aromatic carbocycles. The highest BCUT2D eigenvalue weighted by Gasteiger charge is 2.47. The summed E-state index contributed by atoms with van der Waals surface area (Å²) in [6.45, 7) is 9.18. The third kappa shape index (κ3) is 1.59. The van der Waals surface area contributed by atoms with Crippen LogP contribution in [0.2, 0.25) is 0 Å². The molecule has 2 aliphatic rings. The van der Waals surface area contributed by atoms with E-state index in [0.29, 0.717) is 17.3 Å². The van der Waals surface area contributed by atoms with Crippen molar-refractivity contribution in [3.8, 4) is 6.07 Å². The predicted molar refractivity (Wildman–Crippen MR) is 66.7 cm³/mol. The Morgan fingerprint density at radius 3 is 2.69 bits per heavy atom. The van der Waals surface area contributed by atoms with E-state index in [1.807, 2.05) is 0 Å². The summed E-state index contributed by atoms with van der Waals surface area (Å²) in [5.74, 6) is 1.12. The van der Waals surface area contributed by atoms with Gasteiger partial charge in [-0.15, -0.1) is 0 Å². The van der Waals surface area contributed by atoms with Crippen LogP contribution in [0.1, 0.15) is 53.4 Å². The number of nitrogens with zero attached hydrogens (tertiary/aromatic N) is 1. The maximum absolute atomic E-state index is 9.40. The van der Waals surface area contributed by atoms with Gasteiger partial charge in [0.05, 0.1) is 11.5 Å². The van der Waals surface area contributed by atoms with Gasteiger partial charge in [0.15, 0.2) is 0 Å². The van der Waals surface area contributed by atoms with E-state index < -0.39 is 0 Å². The Bertz CT molecular complexity index is 358. The van der Waals surface area contributed by atoms with E-state index in [2.05, 4.69) is 39.8 Å². The highest BCUT2D eigenvalue weighted by atomic mass is 14.5. The molecule has 1 fully saturated rings. The molecule has 1 nitrogen and oxygen atoms in total. The number of fused-ring (bicyclic) bond motifs is 1. The fourth-order valence-corrected chi connectivity index (χ4v) is 3.83. The predicted octanol–water partition coefficient (Wildman–Crippen LogP) is 4.31. The molecule has 16 heavy (non-hydrogen) atoms. The third-order valence-corrected chi connectivity index (χ3v) is 5.08. The van der Waals surface area contributed by atoms with Gasteiger partial charge in [0.1, 0.15) is 0 Å². The maximum Gasteiger partial charge on any atom is 0.0693 e. The molecule has 0 aromatic heterocycles. The molecule has 0 spiro atoms. The molecule has 1 heteroatoms. The third-order valence-electron chi connectivity index (χ3n) is 5.08. The van der Waals surface area contributed by atoms with Gasteiger partial charge in [-0.3, -0.25) is 0 Å². The average Bonchev–Trinajstić information content (AvgIpc) is 2.23. The molecular formula is C15H23N. The smallest absolute Gasteiger partial charge is 0.0693 e. The van der Waals surface area contributed by atoms with E-state index in [4.69, 9.17) is 0 Å². The van der Waals surface area contributed by atoms with Crippen LogP contribution in [-0.4, -0.2) is 0 Å². The SMILES string of the molecule is C[C@@H]1[C@@H]2C(=CCC1(C)C#N)CCCC2(C)C. The second-order valence-corrected chi connectivity index (χ2v) is 6.62. The molecule has 0 amide bonds. The minimum absolute atomic E-state index is 0.150. The van der Waals surface area contributed by atoms with E-state index in [0.717, 1.165) is 6.42 Å². The van der Waals surface area contributed by atoms with E-state index in [9.17, 15) is 5.26 Å². The summed E-state index contributed by atoms with van der Waals surface area (Å²) in [6.07, 6.45) is 7.22. The summed E-state index contributed by atoms with van der Waals surface area (Å²) >= 11 is 0. The Morgan fingerprint density at radius 2 is 2.06 bits per heavy atom. The first kappa shape index (κ1) is 11.7. The zero-order chi connectivity index (χ0) is 12.0. The lowest BCUT2D eigenvalue weighted by Crippen LogP contribution is -2.43. The summed E-state index contributed by atoms with van der Waals surface area (Å²) < 4.78 is 0. The summed E-state index contributed by atoms with van der Waals surface area (Å²) in [6, 6.07) is 2.56. The number of hydrogen-bond donors (Lipinski definition) is 0. The quantitative estimate of drug-likeness (QED) is 0.555. The minimum Gasteiger partial charge on any atom is -0.198 e. The first-order chi connectivity index (χ1) is 7.41. The van der Waals surface area contributed by atoms with Crippen LogP contribution >= 0.6 is 0 Å². The zero-order valence-electron chi connectivity index (χ0n) is 11.0. The lowest BCUT2D eigenvalue weighted by molar-refractivity contribution is 0.0707. The van der Waals surface area contributed by atoms with Crippen LogP contribution < -0.4 is 0 Å². The monoisotopic (exact) mass is 217 g/mol. The van der Waals surface area contributed by atoms with Gasteiger partial charge in [-0.05, 0) is 49.9 Å². The van der Waals surface area contributed by atoms with Gasteiger partial charge in [-0.2, -0.15) is 5.26 Å². The summed E-state index contributed by atoms with van der Waals surface area (Å²) in [4.78, 5) is 0. The lowest BCUT2D eigenvalue weighted by Gasteiger charge is -2.50. The van der Waals surface area contributed by atoms with Gasteiger partial charge in [-0.1, -0.05) is 32.4 Å². The van der Waals surface area contributed by atoms with Crippen molar-refractivity contribution in [1.82, 2.24) is 0 Å². The zero-order valence-corrected chi connectivity index (χ0v) is 11.0. The number of nitriles is 1. The van der Waals surface area contributed by atoms with Crippen molar-refractivity contribution in [3.63, 3.8) is 0 Å². The Morgan fingerprint density at radius 1 is 1.38 bits per heavy atom. The summed E-state index contributed by atoms with van der Waals surface area (Å²) in [5, 5.41) is 9.40. The highest BCUT2D eigenvalue weighted by molar-refractivity contribution is 5.24. The molecule has 2 rings (SSSR count). The van der Waals surface area contributed by atoms with Crippen molar-refractivity contribution in [2.45, 2.75) is 53.4 Å². The Balaban J connectivity index is 2.40. The molecule has 0 aromatic rings. The molecule has 3 atom stereocenters. The van der Waals surface area contributed by atoms with Crippen LogP contribution in [0.3, 0.4) is 0 Å². The van der Waals surface area contributed by atoms with Crippen LogP contribution in [-0.2, 0) is 0 Å². The normalized spacial score (nSPS) is 41.8. The summed E-state index contributed by atoms with van der Waals surface area (Å²) in [5.41, 5.74) is 1.86. The van der Waals surface area contributed by atoms with Gasteiger partial charge >= 0.3 is 0 Å². The first-order valence-electron chi connectivity index (χ1n) is 6.51. The molecule has 88 valence electrons. The van der Waals surface area contributed by atoms with Crippen LogP contribution in [0, 0.1) is 34.0 Å². The number of allylic oxidation sites excluding steroid dienone is 2. The van der Waals surface area contributed by atoms with E-state index in [1.54, 1.807) is 5.57 Å². The van der Waals surface area contributed by atoms with Crippen LogP contribution in [0.25, 0.3) is 0 Å². The van der Waals surface area contributed by atoms with Gasteiger partial charge in [0, 0.05) is 0 Å². The van der Waals surface area contributed by atoms with Crippen molar-refractivity contribution < 1.29 is 0 Å². The highest BCUT2D eigenvalue weighted by Crippen LogP contribution is 2.55. The molecule has 0 N–H and O–H groups in total. The van der Waals surface area contributed by atoms with Gasteiger partial charge < -0.3 is 0 Å². The van der Waals surface area contributed by atoms with Crippen molar-refractivity contribution in [1.29, 1.82) is 5.26 Å². The van der Waals surface area contributed by atoms with Crippen LogP contribution in [0.15, 0.2) is 11.6 Å². The van der Waals surface area contributed by atoms with Crippen molar-refractivity contribution in [2.75, 3.05) is 0 Å². The van der Waals surface area contributed by atoms with Crippen molar-refractivity contribution in [2.24, 2.45) is 22.7 Å². The molecule has 0 aliphatic heterocycles. The van der Waals surface area contributed by atoms with Crippen LogP contribution in [0.4, 0.5) is 0 Å². The van der Waals surface area contributed by atoms with E-state index in [-0.39, 0.29) is 5.41 Å². The fraction of sp³-hybridized carbons (Fsp3) is 0.800. The van der Waals surface area contributed by atoms with Gasteiger partial charge in [0.2, 0.25) is 0 Å². The van der Waals surface area contributed by atoms with E-state index in [1.165, 1.54) is 19.3 Å². The second kappa shape index (κ2) is 3.62. The molecule has 0 bridgehead atoms. The Hall–Kier alpha value is -0.770. The van der Waals surface area contributed by atoms with Crippen molar-refractivity contribution in [3.05, 3.63) is 11.6 Å². The molecular weight excluding hydrogens is 194 g/mol. The molecule has 0 saturated heterocycles. The van der Waals surface area contributed by atoms with Crippen LogP contribution in [0.5, 0.6) is 0 Å². The second-order valence-electron chi connectivity index (χ2n) is 6.62. The molecule has 0 heterocycles. The van der Waals surface area contributed by atoms with Gasteiger partial charge in [-0.25, -0.2) is 0 Å². The van der Waals surface area contributed by atoms with Gasteiger partial charge in [0.25, 0.3) is 0 Å². The first-order valence-corrected chi connectivity index (χ1v) is 6.51. The molecule has 1 unspecified atom stereocenters. The lowest BCUT2D eigenvalue weighted by atomic mass is 9.53. The molecule has 2 aliphatic carbocycles. The number of rotatable bonds is 0. The summed E-state index contributed by atoms with van der Waals surface area (Å²) in [7, 11) is 0. The topological polar surface area (TPSA) is 23.8 Å². The Kier molecular flexibility index (Phi) is 2.65. The standard InChI is InChI=1S/C15H23N/c1-11-13-12(6-5-8-14(13,2)3)7-9-15(11,4)10-16/h7,11,13H,5-6,8-9H2,1-4H3/t11-,13-,15?/m1/s1. The number of hydrogen-bond acceptors (Lipinski definition) is 1.